The Morgan fingerprint density at radius 1 is 1.11 bits per heavy atom. The van der Waals surface area contributed by atoms with Crippen molar-refractivity contribution in [2.45, 2.75) is 66.7 Å². The van der Waals surface area contributed by atoms with E-state index in [4.69, 9.17) is 16.3 Å². The fraction of sp³-hybridized carbons (Fsp3) is 0.913. The van der Waals surface area contributed by atoms with E-state index >= 15 is 0 Å². The van der Waals surface area contributed by atoms with E-state index in [1.54, 1.807) is 18.9 Å². The average molecular weight is 530 g/mol. The zero-order valence-corrected chi connectivity index (χ0v) is 22.2. The minimum absolute atomic E-state index is 0.0619. The predicted octanol–water partition coefficient (Wildman–Crippen LogP) is -0.985. The molecular formula is C23H40ClN7O3S. The van der Waals surface area contributed by atoms with Crippen LogP contribution < -0.4 is 31.9 Å². The van der Waals surface area contributed by atoms with Gasteiger partial charge >= 0.3 is 0 Å². The third-order valence-corrected chi connectivity index (χ3v) is 10.1. The monoisotopic (exact) mass is 529 g/mol. The van der Waals surface area contributed by atoms with E-state index in [0.717, 1.165) is 32.4 Å². The number of alkyl halides is 1. The number of piperidine rings is 2. The lowest BCUT2D eigenvalue weighted by Crippen LogP contribution is -2.57. The highest BCUT2D eigenvalue weighted by atomic mass is 35.5. The Morgan fingerprint density at radius 3 is 2.71 bits per heavy atom. The second-order valence-corrected chi connectivity index (χ2v) is 12.5. The van der Waals surface area contributed by atoms with Crippen LogP contribution in [0.2, 0.25) is 0 Å². The molecule has 0 spiro atoms. The highest BCUT2D eigenvalue weighted by Crippen LogP contribution is 2.38. The molecule has 10 unspecified atom stereocenters. The zero-order chi connectivity index (χ0) is 24.5. The van der Waals surface area contributed by atoms with Gasteiger partial charge < -0.3 is 25.6 Å². The minimum atomic E-state index is -0.126. The minimum Gasteiger partial charge on any atom is -0.380 e. The topological polar surface area (TPSA) is 119 Å². The van der Waals surface area contributed by atoms with Crippen LogP contribution in [-0.4, -0.2) is 104 Å². The van der Waals surface area contributed by atoms with Crippen molar-refractivity contribution in [3.05, 3.63) is 0 Å². The average Bonchev–Trinajstić information content (AvgIpc) is 3.42. The molecule has 0 aromatic rings. The van der Waals surface area contributed by atoms with E-state index < -0.39 is 0 Å². The number of nitrogens with zero attached hydrogens (tertiary/aromatic N) is 1. The molecule has 5 saturated heterocycles. The highest BCUT2D eigenvalue weighted by molar-refractivity contribution is 8.00. The Hall–Kier alpha value is -0.660. The van der Waals surface area contributed by atoms with E-state index in [0.29, 0.717) is 37.6 Å². The van der Waals surface area contributed by atoms with Gasteiger partial charge in [0.2, 0.25) is 11.8 Å². The van der Waals surface area contributed by atoms with Gasteiger partial charge in [0, 0.05) is 57.3 Å². The van der Waals surface area contributed by atoms with E-state index in [2.05, 4.69) is 38.8 Å². The lowest BCUT2D eigenvalue weighted by molar-refractivity contribution is -0.133. The van der Waals surface area contributed by atoms with Gasteiger partial charge in [-0.25, -0.2) is 0 Å². The second-order valence-electron chi connectivity index (χ2n) is 10.7. The third-order valence-electron chi connectivity index (χ3n) is 8.42. The van der Waals surface area contributed by atoms with Crippen LogP contribution in [0, 0.1) is 17.8 Å². The van der Waals surface area contributed by atoms with Gasteiger partial charge in [0.25, 0.3) is 0 Å². The van der Waals surface area contributed by atoms with Gasteiger partial charge in [0.05, 0.1) is 23.6 Å². The summed E-state index contributed by atoms with van der Waals surface area (Å²) in [6.07, 6.45) is 2.62. The van der Waals surface area contributed by atoms with Crippen molar-refractivity contribution in [3.8, 4) is 0 Å². The van der Waals surface area contributed by atoms with Gasteiger partial charge in [-0.1, -0.05) is 0 Å². The van der Waals surface area contributed by atoms with Gasteiger partial charge in [0.1, 0.15) is 5.50 Å². The maximum atomic E-state index is 13.5. The first-order chi connectivity index (χ1) is 16.9. The van der Waals surface area contributed by atoms with Gasteiger partial charge in [-0.2, -0.15) is 0 Å². The number of methoxy groups -OCH3 is 1. The van der Waals surface area contributed by atoms with Crippen LogP contribution in [-0.2, 0) is 14.3 Å². The summed E-state index contributed by atoms with van der Waals surface area (Å²) in [4.78, 5) is 28.4. The smallest absolute Gasteiger partial charge is 0.239 e. The van der Waals surface area contributed by atoms with Crippen molar-refractivity contribution in [3.63, 3.8) is 0 Å². The molecule has 35 heavy (non-hydrogen) atoms. The standard InChI is InChI=1S/C23H40ClN7O3S/c1-12-5-13(14-6-20(24)27-8-18(14)34-2)15(7-26-12)21(32)30-23-29-17-9-31(10-19(17)35-23)22(33)16-3-4-25-11-28-16/h12-20,23,25-29H,3-11H2,1-2H3,(H,30,32). The first-order valence-electron chi connectivity index (χ1n) is 13.0. The lowest BCUT2D eigenvalue weighted by Gasteiger charge is -2.45. The van der Waals surface area contributed by atoms with Gasteiger partial charge in [-0.05, 0) is 44.6 Å². The van der Waals surface area contributed by atoms with Crippen molar-refractivity contribution in [1.29, 1.82) is 0 Å². The molecule has 0 saturated carbocycles. The number of rotatable bonds is 5. The summed E-state index contributed by atoms with van der Waals surface area (Å²) in [5.74, 6) is 0.627. The Balaban J connectivity index is 1.16. The van der Waals surface area contributed by atoms with Crippen molar-refractivity contribution < 1.29 is 14.3 Å². The Morgan fingerprint density at radius 2 is 1.97 bits per heavy atom. The Labute approximate surface area is 217 Å². The second kappa shape index (κ2) is 11.4. The van der Waals surface area contributed by atoms with Crippen LogP contribution in [0.15, 0.2) is 0 Å². The van der Waals surface area contributed by atoms with Crippen LogP contribution in [0.3, 0.4) is 0 Å². The Kier molecular flexibility index (Phi) is 8.45. The normalized spacial score (nSPS) is 44.1. The number of hydrogen-bond acceptors (Lipinski definition) is 9. The number of amides is 2. The van der Waals surface area contributed by atoms with Crippen molar-refractivity contribution in [1.82, 2.24) is 36.8 Å². The summed E-state index contributed by atoms with van der Waals surface area (Å²) in [5, 5.41) is 20.4. The fourth-order valence-electron chi connectivity index (χ4n) is 6.51. The molecule has 6 N–H and O–H groups in total. The van der Waals surface area contributed by atoms with Gasteiger partial charge in [0.15, 0.2) is 0 Å². The van der Waals surface area contributed by atoms with Crippen molar-refractivity contribution in [2.75, 3.05) is 46.5 Å². The van der Waals surface area contributed by atoms with Crippen LogP contribution in [0.25, 0.3) is 0 Å². The summed E-state index contributed by atoms with van der Waals surface area (Å²) in [6.45, 7) is 6.54. The summed E-state index contributed by atoms with van der Waals surface area (Å²) >= 11 is 8.20. The number of likely N-dealkylation sites (tertiary alicyclic amines) is 1. The molecule has 0 bridgehead atoms. The number of ether oxygens (including phenoxy) is 1. The number of nitrogens with one attached hydrogen (secondary N) is 6. The number of carbonyl (C=O) groups excluding carboxylic acids is 2. The molecule has 10 nitrogen and oxygen atoms in total. The molecular weight excluding hydrogens is 490 g/mol. The van der Waals surface area contributed by atoms with E-state index in [1.807, 2.05) is 4.90 Å². The third kappa shape index (κ3) is 5.77. The number of fused-ring (bicyclic) bond motifs is 1. The molecule has 12 heteroatoms. The summed E-state index contributed by atoms with van der Waals surface area (Å²) in [7, 11) is 1.75. The highest BCUT2D eigenvalue weighted by Gasteiger charge is 2.47. The van der Waals surface area contributed by atoms with Crippen molar-refractivity contribution >= 4 is 35.2 Å². The Bertz CT molecular complexity index is 761. The molecule has 5 aliphatic heterocycles. The lowest BCUT2D eigenvalue weighted by atomic mass is 9.70. The number of halogens is 1. The molecule has 5 fully saturated rings. The molecule has 0 aliphatic carbocycles. The number of thioether (sulfide) groups is 1. The SMILES string of the molecule is COC1CNC(Cl)CC1C1CC(C)NCC1C(=O)NC1NC2CN(C(=O)C3CCNCN3)CC2S1. The van der Waals surface area contributed by atoms with Crippen molar-refractivity contribution in [2.24, 2.45) is 17.8 Å². The van der Waals surface area contributed by atoms with Gasteiger partial charge in [-0.15, -0.1) is 23.4 Å². The fourth-order valence-corrected chi connectivity index (χ4v) is 8.21. The van der Waals surface area contributed by atoms with Crippen LogP contribution in [0.5, 0.6) is 0 Å². The van der Waals surface area contributed by atoms with E-state index in [9.17, 15) is 9.59 Å². The molecule has 0 aromatic heterocycles. The summed E-state index contributed by atoms with van der Waals surface area (Å²) in [6, 6.07) is 0.476. The van der Waals surface area contributed by atoms with E-state index in [-0.39, 0.29) is 58.8 Å². The number of carbonyl (C=O) groups is 2. The largest absolute Gasteiger partial charge is 0.380 e. The summed E-state index contributed by atoms with van der Waals surface area (Å²) in [5.41, 5.74) is -0.212. The molecule has 5 rings (SSSR count). The predicted molar refractivity (Wildman–Crippen MR) is 137 cm³/mol. The summed E-state index contributed by atoms with van der Waals surface area (Å²) < 4.78 is 5.80. The first kappa shape index (κ1) is 26.0. The maximum Gasteiger partial charge on any atom is 0.239 e. The molecule has 10 atom stereocenters. The van der Waals surface area contributed by atoms with Crippen LogP contribution >= 0.6 is 23.4 Å². The van der Waals surface area contributed by atoms with E-state index in [1.165, 1.54) is 0 Å². The molecule has 0 aromatic carbocycles. The molecule has 5 heterocycles. The molecule has 5 aliphatic rings. The molecule has 0 radical (unpaired) electrons. The molecule has 2 amide bonds. The van der Waals surface area contributed by atoms with Crippen LogP contribution in [0.1, 0.15) is 26.2 Å². The quantitative estimate of drug-likeness (QED) is 0.197. The first-order valence-corrected chi connectivity index (χ1v) is 14.4. The maximum absolute atomic E-state index is 13.5. The van der Waals surface area contributed by atoms with Gasteiger partial charge in [-0.3, -0.25) is 25.5 Å². The number of hydrogen-bond donors (Lipinski definition) is 6. The molecule has 198 valence electrons. The zero-order valence-electron chi connectivity index (χ0n) is 20.6. The van der Waals surface area contributed by atoms with Crippen LogP contribution in [0.4, 0.5) is 0 Å².